The van der Waals surface area contributed by atoms with E-state index in [2.05, 4.69) is 32.5 Å². The molecule has 23 heavy (non-hydrogen) atoms. The van der Waals surface area contributed by atoms with Gasteiger partial charge in [-0.1, -0.05) is 12.1 Å². The molecule has 0 aliphatic rings. The standard InChI is InChI=1S/C17H27N5O/c1-3-18-17(19-11-7-13-23-4-2)20-12-10-16-21-14-8-5-6-9-15(14)22-16/h5-6,8-9H,3-4,7,10-13H2,1-2H3,(H,21,22)(H2,18,19,20). The van der Waals surface area contributed by atoms with Crippen LogP contribution in [0.25, 0.3) is 11.0 Å². The fourth-order valence-electron chi connectivity index (χ4n) is 2.27. The van der Waals surface area contributed by atoms with Gasteiger partial charge in [0.05, 0.1) is 11.0 Å². The molecular formula is C17H27N5O. The van der Waals surface area contributed by atoms with Crippen molar-refractivity contribution in [1.29, 1.82) is 0 Å². The first-order valence-corrected chi connectivity index (χ1v) is 8.37. The van der Waals surface area contributed by atoms with E-state index in [1.807, 2.05) is 31.2 Å². The highest BCUT2D eigenvalue weighted by atomic mass is 16.5. The van der Waals surface area contributed by atoms with E-state index in [1.54, 1.807) is 0 Å². The minimum absolute atomic E-state index is 0.762. The maximum atomic E-state index is 5.32. The average molecular weight is 317 g/mol. The zero-order valence-electron chi connectivity index (χ0n) is 14.1. The van der Waals surface area contributed by atoms with E-state index in [1.165, 1.54) is 0 Å². The lowest BCUT2D eigenvalue weighted by Gasteiger charge is -2.10. The van der Waals surface area contributed by atoms with Crippen LogP contribution < -0.4 is 10.6 Å². The number of para-hydroxylation sites is 2. The van der Waals surface area contributed by atoms with Gasteiger partial charge in [-0.05, 0) is 32.4 Å². The van der Waals surface area contributed by atoms with Gasteiger partial charge in [-0.2, -0.15) is 0 Å². The Kier molecular flexibility index (Phi) is 7.39. The van der Waals surface area contributed by atoms with Gasteiger partial charge in [0.1, 0.15) is 5.82 Å². The predicted molar refractivity (Wildman–Crippen MR) is 94.9 cm³/mol. The average Bonchev–Trinajstić information content (AvgIpc) is 2.97. The van der Waals surface area contributed by atoms with Crippen molar-refractivity contribution >= 4 is 17.0 Å². The molecule has 0 amide bonds. The molecule has 0 spiro atoms. The number of hydrogen-bond acceptors (Lipinski definition) is 3. The summed E-state index contributed by atoms with van der Waals surface area (Å²) in [5.41, 5.74) is 2.10. The smallest absolute Gasteiger partial charge is 0.191 e. The lowest BCUT2D eigenvalue weighted by Crippen LogP contribution is -2.38. The van der Waals surface area contributed by atoms with Gasteiger partial charge in [-0.15, -0.1) is 0 Å². The molecule has 2 aromatic rings. The fourth-order valence-corrected chi connectivity index (χ4v) is 2.27. The highest BCUT2D eigenvalue weighted by Gasteiger charge is 2.02. The summed E-state index contributed by atoms with van der Waals surface area (Å²) < 4.78 is 5.32. The SMILES string of the molecule is CCNC(=NCCCOCC)NCCc1nc2ccccc2[nH]1. The van der Waals surface area contributed by atoms with Crippen LogP contribution >= 0.6 is 0 Å². The summed E-state index contributed by atoms with van der Waals surface area (Å²) >= 11 is 0. The largest absolute Gasteiger partial charge is 0.382 e. The molecule has 0 saturated heterocycles. The van der Waals surface area contributed by atoms with E-state index in [-0.39, 0.29) is 0 Å². The van der Waals surface area contributed by atoms with E-state index in [9.17, 15) is 0 Å². The zero-order valence-corrected chi connectivity index (χ0v) is 14.1. The number of hydrogen-bond donors (Lipinski definition) is 3. The van der Waals surface area contributed by atoms with Gasteiger partial charge in [0.15, 0.2) is 5.96 Å². The third kappa shape index (κ3) is 5.90. The van der Waals surface area contributed by atoms with Crippen molar-refractivity contribution in [3.05, 3.63) is 30.1 Å². The van der Waals surface area contributed by atoms with Gasteiger partial charge in [0, 0.05) is 39.3 Å². The molecule has 0 radical (unpaired) electrons. The van der Waals surface area contributed by atoms with E-state index >= 15 is 0 Å². The van der Waals surface area contributed by atoms with Crippen LogP contribution in [0.5, 0.6) is 0 Å². The normalized spacial score (nSPS) is 11.8. The molecule has 0 atom stereocenters. The molecule has 1 heterocycles. The van der Waals surface area contributed by atoms with Crippen LogP contribution in [0.2, 0.25) is 0 Å². The molecular weight excluding hydrogens is 290 g/mol. The van der Waals surface area contributed by atoms with Crippen LogP contribution in [0.4, 0.5) is 0 Å². The molecule has 2 rings (SSSR count). The maximum Gasteiger partial charge on any atom is 0.191 e. The number of fused-ring (bicyclic) bond motifs is 1. The number of guanidine groups is 1. The first kappa shape index (κ1) is 17.3. The van der Waals surface area contributed by atoms with Gasteiger partial charge in [-0.25, -0.2) is 4.98 Å². The monoisotopic (exact) mass is 317 g/mol. The first-order chi connectivity index (χ1) is 11.3. The van der Waals surface area contributed by atoms with E-state index in [0.29, 0.717) is 0 Å². The Morgan fingerprint density at radius 2 is 2.13 bits per heavy atom. The molecule has 1 aromatic heterocycles. The Labute approximate surface area is 137 Å². The second-order valence-corrected chi connectivity index (χ2v) is 5.19. The molecule has 3 N–H and O–H groups in total. The van der Waals surface area contributed by atoms with Crippen molar-refractivity contribution in [3.8, 4) is 0 Å². The minimum atomic E-state index is 0.762. The molecule has 6 heteroatoms. The highest BCUT2D eigenvalue weighted by molar-refractivity contribution is 5.79. The predicted octanol–water partition coefficient (Wildman–Crippen LogP) is 2.09. The Bertz CT molecular complexity index is 575. The Hall–Kier alpha value is -2.08. The molecule has 0 saturated carbocycles. The quantitative estimate of drug-likeness (QED) is 0.376. The number of benzene rings is 1. The summed E-state index contributed by atoms with van der Waals surface area (Å²) in [4.78, 5) is 12.5. The third-order valence-electron chi connectivity index (χ3n) is 3.36. The van der Waals surface area contributed by atoms with Crippen LogP contribution in [0, 0.1) is 0 Å². The fraction of sp³-hybridized carbons (Fsp3) is 0.529. The van der Waals surface area contributed by atoms with Crippen molar-refractivity contribution in [2.45, 2.75) is 26.7 Å². The molecule has 1 aromatic carbocycles. The molecule has 0 aliphatic heterocycles. The van der Waals surface area contributed by atoms with Crippen molar-refractivity contribution in [2.24, 2.45) is 4.99 Å². The Balaban J connectivity index is 1.77. The first-order valence-electron chi connectivity index (χ1n) is 8.37. The maximum absolute atomic E-state index is 5.32. The summed E-state index contributed by atoms with van der Waals surface area (Å²) in [6.07, 6.45) is 1.77. The highest BCUT2D eigenvalue weighted by Crippen LogP contribution is 2.10. The van der Waals surface area contributed by atoms with Gasteiger partial charge in [0.25, 0.3) is 0 Å². The van der Waals surface area contributed by atoms with Crippen molar-refractivity contribution < 1.29 is 4.74 Å². The number of nitrogens with zero attached hydrogens (tertiary/aromatic N) is 2. The molecule has 126 valence electrons. The summed E-state index contributed by atoms with van der Waals surface area (Å²) in [6.45, 7) is 8.00. The molecule has 0 fully saturated rings. The van der Waals surface area contributed by atoms with Crippen LogP contribution in [0.1, 0.15) is 26.1 Å². The van der Waals surface area contributed by atoms with E-state index in [4.69, 9.17) is 4.74 Å². The number of ether oxygens (including phenoxy) is 1. The van der Waals surface area contributed by atoms with E-state index < -0.39 is 0 Å². The molecule has 0 bridgehead atoms. The Morgan fingerprint density at radius 3 is 2.91 bits per heavy atom. The number of nitrogens with one attached hydrogen (secondary N) is 3. The van der Waals surface area contributed by atoms with Crippen LogP contribution in [0.15, 0.2) is 29.3 Å². The Morgan fingerprint density at radius 1 is 1.26 bits per heavy atom. The number of H-pyrrole nitrogens is 1. The van der Waals surface area contributed by atoms with Crippen molar-refractivity contribution in [2.75, 3.05) is 32.8 Å². The summed E-state index contributed by atoms with van der Waals surface area (Å²) in [7, 11) is 0. The second-order valence-electron chi connectivity index (χ2n) is 5.19. The molecule has 0 unspecified atom stereocenters. The van der Waals surface area contributed by atoms with Gasteiger partial charge < -0.3 is 20.4 Å². The van der Waals surface area contributed by atoms with Gasteiger partial charge >= 0.3 is 0 Å². The number of aliphatic imine (C=N–C) groups is 1. The lowest BCUT2D eigenvalue weighted by atomic mass is 10.3. The number of aromatic nitrogens is 2. The van der Waals surface area contributed by atoms with E-state index in [0.717, 1.165) is 68.5 Å². The van der Waals surface area contributed by atoms with Crippen molar-refractivity contribution in [3.63, 3.8) is 0 Å². The second kappa shape index (κ2) is 9.84. The van der Waals surface area contributed by atoms with Crippen LogP contribution in [0.3, 0.4) is 0 Å². The lowest BCUT2D eigenvalue weighted by molar-refractivity contribution is 0.146. The van der Waals surface area contributed by atoms with Gasteiger partial charge in [0.2, 0.25) is 0 Å². The number of imidazole rings is 1. The van der Waals surface area contributed by atoms with Gasteiger partial charge in [-0.3, -0.25) is 4.99 Å². The number of rotatable bonds is 9. The summed E-state index contributed by atoms with van der Waals surface area (Å²) in [5.74, 6) is 1.84. The van der Waals surface area contributed by atoms with Crippen molar-refractivity contribution in [1.82, 2.24) is 20.6 Å². The van der Waals surface area contributed by atoms with Crippen LogP contribution in [-0.4, -0.2) is 48.8 Å². The summed E-state index contributed by atoms with van der Waals surface area (Å²) in [6, 6.07) is 8.08. The topological polar surface area (TPSA) is 74.3 Å². The molecule has 6 nitrogen and oxygen atoms in total. The summed E-state index contributed by atoms with van der Waals surface area (Å²) in [5, 5.41) is 6.60. The molecule has 0 aliphatic carbocycles. The minimum Gasteiger partial charge on any atom is -0.382 e. The number of aromatic amines is 1. The zero-order chi connectivity index (χ0) is 16.3. The van der Waals surface area contributed by atoms with Crippen LogP contribution in [-0.2, 0) is 11.2 Å². The third-order valence-corrected chi connectivity index (χ3v) is 3.36.